The number of benzene rings is 1. The predicted octanol–water partition coefficient (Wildman–Crippen LogP) is 2.69. The number of hydrogen-bond donors (Lipinski definition) is 0. The van der Waals surface area contributed by atoms with Crippen molar-refractivity contribution >= 4 is 0 Å². The molecular formula is C13H18FNO. The van der Waals surface area contributed by atoms with E-state index in [2.05, 4.69) is 18.7 Å². The van der Waals surface area contributed by atoms with Gasteiger partial charge in [-0.2, -0.15) is 0 Å². The molecule has 0 saturated carbocycles. The Labute approximate surface area is 96.0 Å². The van der Waals surface area contributed by atoms with E-state index in [1.807, 2.05) is 0 Å². The maximum Gasteiger partial charge on any atom is 0.123 e. The Morgan fingerprint density at radius 3 is 2.56 bits per heavy atom. The molecule has 1 aromatic rings. The summed E-state index contributed by atoms with van der Waals surface area (Å²) in [4.78, 5) is 2.40. The van der Waals surface area contributed by atoms with Crippen molar-refractivity contribution in [1.29, 1.82) is 0 Å². The van der Waals surface area contributed by atoms with Gasteiger partial charge in [0.05, 0.1) is 0 Å². The van der Waals surface area contributed by atoms with E-state index in [-0.39, 0.29) is 11.9 Å². The Kier molecular flexibility index (Phi) is 3.44. The summed E-state index contributed by atoms with van der Waals surface area (Å²) in [6.45, 7) is 6.44. The van der Waals surface area contributed by atoms with Gasteiger partial charge in [-0.15, -0.1) is 0 Å². The van der Waals surface area contributed by atoms with E-state index in [9.17, 15) is 4.39 Å². The maximum absolute atomic E-state index is 12.7. The van der Waals surface area contributed by atoms with Crippen molar-refractivity contribution < 1.29 is 9.13 Å². The zero-order valence-electron chi connectivity index (χ0n) is 9.82. The molecule has 1 unspecified atom stereocenters. The molecule has 1 saturated heterocycles. The first-order chi connectivity index (χ1) is 7.65. The van der Waals surface area contributed by atoms with Crippen molar-refractivity contribution in [3.05, 3.63) is 30.1 Å². The summed E-state index contributed by atoms with van der Waals surface area (Å²) < 4.78 is 18.5. The predicted molar refractivity (Wildman–Crippen MR) is 62.1 cm³/mol. The van der Waals surface area contributed by atoms with Crippen LogP contribution in [-0.2, 0) is 0 Å². The second-order valence-corrected chi connectivity index (χ2v) is 4.57. The van der Waals surface area contributed by atoms with Gasteiger partial charge in [-0.05, 0) is 44.5 Å². The quantitative estimate of drug-likeness (QED) is 0.781. The molecule has 1 aliphatic heterocycles. The number of ether oxygens (including phenoxy) is 1. The number of likely N-dealkylation sites (tertiary alicyclic amines) is 1. The molecule has 1 fully saturated rings. The minimum Gasteiger partial charge on any atom is -0.489 e. The standard InChI is InChI=1S/C13H18FNO/c1-10(2)15-8-7-13(9-15)16-12-5-3-11(14)4-6-12/h3-6,10,13H,7-9H2,1-2H3. The molecule has 16 heavy (non-hydrogen) atoms. The van der Waals surface area contributed by atoms with Gasteiger partial charge >= 0.3 is 0 Å². The van der Waals surface area contributed by atoms with Crippen LogP contribution < -0.4 is 4.74 Å². The number of halogens is 1. The minimum absolute atomic E-state index is 0.220. The fourth-order valence-electron chi connectivity index (χ4n) is 2.02. The molecule has 0 N–H and O–H groups in total. The van der Waals surface area contributed by atoms with Gasteiger partial charge in [0.1, 0.15) is 17.7 Å². The third-order valence-corrected chi connectivity index (χ3v) is 3.02. The molecule has 0 spiro atoms. The van der Waals surface area contributed by atoms with Crippen LogP contribution in [0.3, 0.4) is 0 Å². The third-order valence-electron chi connectivity index (χ3n) is 3.02. The Hall–Kier alpha value is -1.09. The van der Waals surface area contributed by atoms with Crippen molar-refractivity contribution in [3.8, 4) is 5.75 Å². The van der Waals surface area contributed by atoms with Gasteiger partial charge in [0.25, 0.3) is 0 Å². The third kappa shape index (κ3) is 2.73. The van der Waals surface area contributed by atoms with Crippen LogP contribution in [-0.4, -0.2) is 30.1 Å². The largest absolute Gasteiger partial charge is 0.489 e. The highest BCUT2D eigenvalue weighted by Gasteiger charge is 2.25. The second kappa shape index (κ2) is 4.83. The first-order valence-corrected chi connectivity index (χ1v) is 5.81. The van der Waals surface area contributed by atoms with E-state index in [0.717, 1.165) is 25.3 Å². The van der Waals surface area contributed by atoms with Crippen LogP contribution >= 0.6 is 0 Å². The normalized spacial score (nSPS) is 21.6. The average molecular weight is 223 g/mol. The molecule has 0 aliphatic carbocycles. The molecule has 1 heterocycles. The summed E-state index contributed by atoms with van der Waals surface area (Å²) in [6.07, 6.45) is 1.29. The van der Waals surface area contributed by atoms with Crippen LogP contribution in [0.1, 0.15) is 20.3 Å². The van der Waals surface area contributed by atoms with Crippen LogP contribution in [0.5, 0.6) is 5.75 Å². The molecule has 0 bridgehead atoms. The summed E-state index contributed by atoms with van der Waals surface area (Å²) in [5.41, 5.74) is 0. The van der Waals surface area contributed by atoms with Crippen LogP contribution in [0.4, 0.5) is 4.39 Å². The van der Waals surface area contributed by atoms with E-state index >= 15 is 0 Å². The summed E-state index contributed by atoms with van der Waals surface area (Å²) in [7, 11) is 0. The van der Waals surface area contributed by atoms with E-state index in [1.165, 1.54) is 12.1 Å². The van der Waals surface area contributed by atoms with Crippen LogP contribution in [0.15, 0.2) is 24.3 Å². The zero-order valence-corrected chi connectivity index (χ0v) is 9.82. The molecule has 0 amide bonds. The molecule has 1 atom stereocenters. The SMILES string of the molecule is CC(C)N1CCC(Oc2ccc(F)cc2)C1. The highest BCUT2D eigenvalue weighted by Crippen LogP contribution is 2.19. The Balaban J connectivity index is 1.89. The fraction of sp³-hybridized carbons (Fsp3) is 0.538. The molecule has 1 aliphatic rings. The van der Waals surface area contributed by atoms with Crippen LogP contribution in [0, 0.1) is 5.82 Å². The van der Waals surface area contributed by atoms with Crippen molar-refractivity contribution in [1.82, 2.24) is 4.90 Å². The summed E-state index contributed by atoms with van der Waals surface area (Å²) in [5, 5.41) is 0. The number of nitrogens with zero attached hydrogens (tertiary/aromatic N) is 1. The second-order valence-electron chi connectivity index (χ2n) is 4.57. The van der Waals surface area contributed by atoms with Crippen molar-refractivity contribution in [2.24, 2.45) is 0 Å². The smallest absolute Gasteiger partial charge is 0.123 e. The van der Waals surface area contributed by atoms with Gasteiger partial charge < -0.3 is 4.74 Å². The van der Waals surface area contributed by atoms with Gasteiger partial charge in [-0.25, -0.2) is 4.39 Å². The monoisotopic (exact) mass is 223 g/mol. The lowest BCUT2D eigenvalue weighted by atomic mass is 10.3. The Morgan fingerprint density at radius 1 is 1.31 bits per heavy atom. The molecule has 88 valence electrons. The highest BCUT2D eigenvalue weighted by molar-refractivity contribution is 5.22. The molecule has 0 radical (unpaired) electrons. The summed E-state index contributed by atoms with van der Waals surface area (Å²) in [6, 6.07) is 6.82. The van der Waals surface area contributed by atoms with E-state index in [1.54, 1.807) is 12.1 Å². The molecule has 2 nitrogen and oxygen atoms in total. The molecule has 3 heteroatoms. The number of hydrogen-bond acceptors (Lipinski definition) is 2. The van der Waals surface area contributed by atoms with Crippen molar-refractivity contribution in [3.63, 3.8) is 0 Å². The van der Waals surface area contributed by atoms with Gasteiger partial charge in [0, 0.05) is 19.1 Å². The summed E-state index contributed by atoms with van der Waals surface area (Å²) in [5.74, 6) is 0.541. The highest BCUT2D eigenvalue weighted by atomic mass is 19.1. The van der Waals surface area contributed by atoms with Crippen LogP contribution in [0.2, 0.25) is 0 Å². The van der Waals surface area contributed by atoms with Gasteiger partial charge in [0.2, 0.25) is 0 Å². The minimum atomic E-state index is -0.220. The first-order valence-electron chi connectivity index (χ1n) is 5.81. The molecular weight excluding hydrogens is 205 g/mol. The lowest BCUT2D eigenvalue weighted by Gasteiger charge is -2.20. The van der Waals surface area contributed by atoms with Crippen LogP contribution in [0.25, 0.3) is 0 Å². The first kappa shape index (κ1) is 11.4. The van der Waals surface area contributed by atoms with Gasteiger partial charge in [-0.3, -0.25) is 4.90 Å². The molecule has 1 aromatic carbocycles. The Morgan fingerprint density at radius 2 is 2.00 bits per heavy atom. The lowest BCUT2D eigenvalue weighted by molar-refractivity contribution is 0.187. The number of rotatable bonds is 3. The van der Waals surface area contributed by atoms with E-state index in [0.29, 0.717) is 6.04 Å². The topological polar surface area (TPSA) is 12.5 Å². The Bertz CT molecular complexity index is 336. The van der Waals surface area contributed by atoms with E-state index < -0.39 is 0 Å². The molecule has 0 aromatic heterocycles. The van der Waals surface area contributed by atoms with Gasteiger partial charge in [-0.1, -0.05) is 0 Å². The lowest BCUT2D eigenvalue weighted by Crippen LogP contribution is -2.30. The van der Waals surface area contributed by atoms with Crippen molar-refractivity contribution in [2.75, 3.05) is 13.1 Å². The molecule has 2 rings (SSSR count). The fourth-order valence-corrected chi connectivity index (χ4v) is 2.02. The van der Waals surface area contributed by atoms with Gasteiger partial charge in [0.15, 0.2) is 0 Å². The summed E-state index contributed by atoms with van der Waals surface area (Å²) >= 11 is 0. The zero-order chi connectivity index (χ0) is 11.5. The van der Waals surface area contributed by atoms with Crippen molar-refractivity contribution in [2.45, 2.75) is 32.4 Å². The average Bonchev–Trinajstić information content (AvgIpc) is 2.70. The van der Waals surface area contributed by atoms with E-state index in [4.69, 9.17) is 4.74 Å². The maximum atomic E-state index is 12.7.